The Morgan fingerprint density at radius 2 is 1.92 bits per heavy atom. The number of aliphatic hydroxyl groups is 1. The summed E-state index contributed by atoms with van der Waals surface area (Å²) in [4.78, 5) is 16.9. The first-order valence-electron chi connectivity index (χ1n) is 11.2. The maximum atomic E-state index is 14.6. The van der Waals surface area contributed by atoms with Crippen LogP contribution in [0, 0.1) is 5.82 Å². The molecule has 0 bridgehead atoms. The lowest BCUT2D eigenvalue weighted by molar-refractivity contribution is -0.189. The number of rotatable bonds is 8. The minimum Gasteiger partial charge on any atom is -0.495 e. The number of alkyl halides is 3. The average Bonchev–Trinajstić information content (AvgIpc) is 3.21. The molecular weight excluding hydrogens is 536 g/mol. The predicted molar refractivity (Wildman–Crippen MR) is 129 cm³/mol. The van der Waals surface area contributed by atoms with Crippen molar-refractivity contribution >= 4 is 22.4 Å². The highest BCUT2D eigenvalue weighted by Crippen LogP contribution is 2.43. The topological polar surface area (TPSA) is 101 Å². The van der Waals surface area contributed by atoms with Gasteiger partial charge in [0.1, 0.15) is 23.1 Å². The zero-order valence-electron chi connectivity index (χ0n) is 20.2. The van der Waals surface area contributed by atoms with Crippen molar-refractivity contribution in [3.8, 4) is 28.8 Å². The van der Waals surface area contributed by atoms with Crippen molar-refractivity contribution in [1.82, 2.24) is 19.3 Å². The molecule has 2 aromatic carbocycles. The van der Waals surface area contributed by atoms with Gasteiger partial charge in [0.05, 0.1) is 18.2 Å². The highest BCUT2D eigenvalue weighted by Gasteiger charge is 2.38. The molecule has 9 nitrogen and oxygen atoms in total. The first-order valence-corrected chi connectivity index (χ1v) is 11.5. The Kier molecular flexibility index (Phi) is 7.51. The van der Waals surface area contributed by atoms with Gasteiger partial charge in [-0.3, -0.25) is 4.57 Å². The van der Waals surface area contributed by atoms with E-state index in [9.17, 15) is 27.5 Å². The summed E-state index contributed by atoms with van der Waals surface area (Å²) in [5, 5.41) is 13.6. The Morgan fingerprint density at radius 1 is 1.18 bits per heavy atom. The van der Waals surface area contributed by atoms with Crippen LogP contribution in [0.2, 0.25) is 5.02 Å². The molecular formula is C24H21ClF4N4O5. The molecule has 202 valence electrons. The summed E-state index contributed by atoms with van der Waals surface area (Å²) < 4.78 is 73.1. The number of pyridine rings is 1. The van der Waals surface area contributed by atoms with Crippen LogP contribution in [-0.4, -0.2) is 43.8 Å². The van der Waals surface area contributed by atoms with Crippen molar-refractivity contribution in [3.05, 3.63) is 63.7 Å². The molecule has 1 unspecified atom stereocenters. The van der Waals surface area contributed by atoms with E-state index in [1.807, 2.05) is 0 Å². The summed E-state index contributed by atoms with van der Waals surface area (Å²) in [5.41, 5.74) is -0.571. The fourth-order valence-electron chi connectivity index (χ4n) is 3.68. The number of halogens is 5. The average molecular weight is 557 g/mol. The standard InChI is InChI=1S/C24H21ClF4N4O5/c1-4-32-18(11-34)31-33(23(32)35)14-9-13-7-8-30-22(19(13)17(10-14)37-12(2)24(27,28)29)38-21-15(26)5-6-16(36-3)20(21)25/h5-10,12,34H,4,11H2,1-3H3. The molecule has 4 aromatic rings. The molecule has 0 aliphatic carbocycles. The van der Waals surface area contributed by atoms with Gasteiger partial charge in [0.2, 0.25) is 5.88 Å². The number of hydrogen-bond donors (Lipinski definition) is 1. The molecule has 4 rings (SSSR count). The van der Waals surface area contributed by atoms with Crippen LogP contribution in [0.1, 0.15) is 19.7 Å². The van der Waals surface area contributed by atoms with E-state index in [2.05, 4.69) is 10.1 Å². The molecule has 0 aliphatic heterocycles. The van der Waals surface area contributed by atoms with Crippen LogP contribution >= 0.6 is 11.6 Å². The van der Waals surface area contributed by atoms with Crippen molar-refractivity contribution in [2.45, 2.75) is 39.3 Å². The SMILES string of the molecule is CCn1c(CO)nn(-c2cc(OC(C)C(F)(F)F)c3c(Oc4c(F)ccc(OC)c4Cl)nccc3c2)c1=O. The Bertz CT molecular complexity index is 1550. The quantitative estimate of drug-likeness (QED) is 0.304. The first-order chi connectivity index (χ1) is 18.0. The van der Waals surface area contributed by atoms with E-state index >= 15 is 0 Å². The fourth-order valence-corrected chi connectivity index (χ4v) is 3.95. The van der Waals surface area contributed by atoms with Crippen molar-refractivity contribution in [1.29, 1.82) is 0 Å². The van der Waals surface area contributed by atoms with Crippen LogP contribution in [0.5, 0.6) is 23.1 Å². The van der Waals surface area contributed by atoms with Crippen molar-refractivity contribution in [2.75, 3.05) is 7.11 Å². The summed E-state index contributed by atoms with van der Waals surface area (Å²) in [7, 11) is 1.31. The van der Waals surface area contributed by atoms with Gasteiger partial charge in [-0.25, -0.2) is 14.2 Å². The number of ether oxygens (including phenoxy) is 3. The Hall–Kier alpha value is -3.84. The monoisotopic (exact) mass is 556 g/mol. The van der Waals surface area contributed by atoms with Gasteiger partial charge in [0.15, 0.2) is 23.5 Å². The van der Waals surface area contributed by atoms with E-state index in [0.29, 0.717) is 0 Å². The second-order valence-electron chi connectivity index (χ2n) is 7.97. The lowest BCUT2D eigenvalue weighted by Gasteiger charge is -2.20. The van der Waals surface area contributed by atoms with Gasteiger partial charge < -0.3 is 19.3 Å². The summed E-state index contributed by atoms with van der Waals surface area (Å²) >= 11 is 6.20. The second kappa shape index (κ2) is 10.5. The Morgan fingerprint density at radius 3 is 2.53 bits per heavy atom. The van der Waals surface area contributed by atoms with Gasteiger partial charge in [-0.2, -0.15) is 17.9 Å². The molecule has 0 spiro atoms. The Labute approximate surface area is 217 Å². The third kappa shape index (κ3) is 4.98. The lowest BCUT2D eigenvalue weighted by Crippen LogP contribution is -2.31. The highest BCUT2D eigenvalue weighted by atomic mass is 35.5. The molecule has 0 radical (unpaired) electrons. The minimum atomic E-state index is -4.74. The number of aliphatic hydroxyl groups excluding tert-OH is 1. The third-order valence-electron chi connectivity index (χ3n) is 5.62. The summed E-state index contributed by atoms with van der Waals surface area (Å²) in [5.74, 6) is -1.85. The van der Waals surface area contributed by atoms with Crippen LogP contribution < -0.4 is 19.9 Å². The van der Waals surface area contributed by atoms with Crippen LogP contribution in [0.4, 0.5) is 17.6 Å². The van der Waals surface area contributed by atoms with Crippen LogP contribution in [0.25, 0.3) is 16.5 Å². The van der Waals surface area contributed by atoms with E-state index in [4.69, 9.17) is 25.8 Å². The Balaban J connectivity index is 1.95. The van der Waals surface area contributed by atoms with Gasteiger partial charge in [0, 0.05) is 18.8 Å². The molecule has 1 atom stereocenters. The molecule has 1 N–H and O–H groups in total. The lowest BCUT2D eigenvalue weighted by atomic mass is 10.1. The number of benzene rings is 2. The second-order valence-corrected chi connectivity index (χ2v) is 8.35. The van der Waals surface area contributed by atoms with Crippen LogP contribution in [0.3, 0.4) is 0 Å². The molecule has 2 heterocycles. The van der Waals surface area contributed by atoms with Crippen molar-refractivity contribution < 1.29 is 36.9 Å². The molecule has 38 heavy (non-hydrogen) atoms. The first kappa shape index (κ1) is 27.2. The fraction of sp³-hybridized carbons (Fsp3) is 0.292. The predicted octanol–water partition coefficient (Wildman–Crippen LogP) is 5.02. The zero-order chi connectivity index (χ0) is 27.8. The van der Waals surface area contributed by atoms with Crippen LogP contribution in [0.15, 0.2) is 41.3 Å². The number of fused-ring (bicyclic) bond motifs is 1. The van der Waals surface area contributed by atoms with Crippen LogP contribution in [-0.2, 0) is 13.2 Å². The third-order valence-corrected chi connectivity index (χ3v) is 5.97. The summed E-state index contributed by atoms with van der Waals surface area (Å²) in [6, 6.07) is 6.35. The highest BCUT2D eigenvalue weighted by molar-refractivity contribution is 6.33. The van der Waals surface area contributed by atoms with E-state index in [1.54, 1.807) is 6.92 Å². The van der Waals surface area contributed by atoms with Crippen molar-refractivity contribution in [3.63, 3.8) is 0 Å². The normalized spacial score (nSPS) is 12.6. The molecule has 0 saturated carbocycles. The molecule has 2 aromatic heterocycles. The molecule has 0 aliphatic rings. The van der Waals surface area contributed by atoms with E-state index < -0.39 is 36.1 Å². The van der Waals surface area contributed by atoms with Crippen molar-refractivity contribution in [2.24, 2.45) is 0 Å². The van der Waals surface area contributed by atoms with Gasteiger partial charge in [0.25, 0.3) is 0 Å². The largest absolute Gasteiger partial charge is 0.495 e. The maximum Gasteiger partial charge on any atom is 0.425 e. The molecule has 0 saturated heterocycles. The maximum absolute atomic E-state index is 14.6. The molecule has 0 fully saturated rings. The van der Waals surface area contributed by atoms with Gasteiger partial charge >= 0.3 is 11.9 Å². The number of methoxy groups -OCH3 is 1. The number of nitrogens with zero attached hydrogens (tertiary/aromatic N) is 4. The number of hydrogen-bond acceptors (Lipinski definition) is 7. The zero-order valence-corrected chi connectivity index (χ0v) is 21.0. The summed E-state index contributed by atoms with van der Waals surface area (Å²) in [6.45, 7) is 2.14. The van der Waals surface area contributed by atoms with Gasteiger partial charge in [-0.15, -0.1) is 5.10 Å². The van der Waals surface area contributed by atoms with Gasteiger partial charge in [-0.1, -0.05) is 11.6 Å². The smallest absolute Gasteiger partial charge is 0.425 e. The van der Waals surface area contributed by atoms with E-state index in [1.165, 1.54) is 36.1 Å². The molecule has 14 heteroatoms. The number of aromatic nitrogens is 4. The summed E-state index contributed by atoms with van der Waals surface area (Å²) in [6.07, 6.45) is -5.74. The van der Waals surface area contributed by atoms with E-state index in [0.717, 1.165) is 23.7 Å². The minimum absolute atomic E-state index is 0.0454. The molecule has 0 amide bonds. The van der Waals surface area contributed by atoms with E-state index in [-0.39, 0.29) is 51.2 Å². The van der Waals surface area contributed by atoms with Gasteiger partial charge in [-0.05, 0) is 43.5 Å².